The number of hydrogen-bond donors (Lipinski definition) is 0. The molecule has 3 rings (SSSR count). The zero-order chi connectivity index (χ0) is 17.7. The quantitative estimate of drug-likeness (QED) is 0.632. The van der Waals surface area contributed by atoms with Crippen molar-refractivity contribution in [3.05, 3.63) is 82.6 Å². The van der Waals surface area contributed by atoms with Gasteiger partial charge in [0.1, 0.15) is 5.82 Å². The van der Waals surface area contributed by atoms with Crippen molar-refractivity contribution in [1.82, 2.24) is 9.29 Å². The van der Waals surface area contributed by atoms with Crippen LogP contribution in [0.15, 0.2) is 71.2 Å². The molecule has 25 heavy (non-hydrogen) atoms. The van der Waals surface area contributed by atoms with E-state index in [-0.39, 0.29) is 11.4 Å². The second-order valence-corrected chi connectivity index (χ2v) is 8.46. The van der Waals surface area contributed by atoms with Crippen molar-refractivity contribution >= 4 is 21.4 Å². The van der Waals surface area contributed by atoms with Crippen LogP contribution < -0.4 is 0 Å². The van der Waals surface area contributed by atoms with Crippen LogP contribution in [0.5, 0.6) is 0 Å². The number of rotatable bonds is 7. The lowest BCUT2D eigenvalue weighted by atomic mass is 10.3. The normalized spacial score (nSPS) is 11.8. The van der Waals surface area contributed by atoms with Crippen LogP contribution in [0.3, 0.4) is 0 Å². The standard InChI is InChI=1S/C18H17FN2O2S2/c19-16-5-1-7-18(12-16)25(22,23)21(10-8-17-6-3-11-24-17)14-15-4-2-9-20-13-15/h1-7,9,11-13H,8,10,14H2. The van der Waals surface area contributed by atoms with Crippen molar-refractivity contribution in [1.29, 1.82) is 0 Å². The van der Waals surface area contributed by atoms with Gasteiger partial charge < -0.3 is 0 Å². The molecule has 0 saturated carbocycles. The molecule has 0 aliphatic rings. The molecule has 0 spiro atoms. The Morgan fingerprint density at radius 1 is 1.12 bits per heavy atom. The van der Waals surface area contributed by atoms with Crippen LogP contribution in [0, 0.1) is 5.82 Å². The summed E-state index contributed by atoms with van der Waals surface area (Å²) in [5.41, 5.74) is 0.786. The number of thiophene rings is 1. The van der Waals surface area contributed by atoms with Crippen molar-refractivity contribution in [2.75, 3.05) is 6.54 Å². The van der Waals surface area contributed by atoms with Crippen LogP contribution in [0.2, 0.25) is 0 Å². The molecular weight excluding hydrogens is 359 g/mol. The predicted molar refractivity (Wildman–Crippen MR) is 96.3 cm³/mol. The molecule has 0 N–H and O–H groups in total. The molecule has 4 nitrogen and oxygen atoms in total. The van der Waals surface area contributed by atoms with Gasteiger partial charge in [0.15, 0.2) is 0 Å². The van der Waals surface area contributed by atoms with Crippen LogP contribution in [-0.2, 0) is 23.0 Å². The summed E-state index contributed by atoms with van der Waals surface area (Å²) in [6.07, 6.45) is 3.88. The molecule has 0 aliphatic carbocycles. The van der Waals surface area contributed by atoms with Gasteiger partial charge in [0.2, 0.25) is 10.0 Å². The van der Waals surface area contributed by atoms with Crippen LogP contribution in [0.25, 0.3) is 0 Å². The Bertz CT molecular complexity index is 913. The number of aromatic nitrogens is 1. The largest absolute Gasteiger partial charge is 0.264 e. The minimum absolute atomic E-state index is 0.0393. The molecule has 0 saturated heterocycles. The summed E-state index contributed by atoms with van der Waals surface area (Å²) in [7, 11) is -3.80. The van der Waals surface area contributed by atoms with Gasteiger partial charge in [-0.3, -0.25) is 4.98 Å². The number of benzene rings is 1. The predicted octanol–water partition coefficient (Wildman–Crippen LogP) is 3.72. The van der Waals surface area contributed by atoms with Crippen molar-refractivity contribution < 1.29 is 12.8 Å². The molecular formula is C18H17FN2O2S2. The molecule has 2 aromatic heterocycles. The summed E-state index contributed by atoms with van der Waals surface area (Å²) < 4.78 is 40.9. The van der Waals surface area contributed by atoms with Crippen LogP contribution >= 0.6 is 11.3 Å². The summed E-state index contributed by atoms with van der Waals surface area (Å²) >= 11 is 1.59. The van der Waals surface area contributed by atoms with Gasteiger partial charge in [-0.2, -0.15) is 4.31 Å². The highest BCUT2D eigenvalue weighted by Crippen LogP contribution is 2.20. The highest BCUT2D eigenvalue weighted by atomic mass is 32.2. The fourth-order valence-electron chi connectivity index (χ4n) is 2.45. The Labute approximate surface area is 150 Å². The molecule has 3 aromatic rings. The molecule has 1 aromatic carbocycles. The average molecular weight is 376 g/mol. The third kappa shape index (κ3) is 4.50. The highest BCUT2D eigenvalue weighted by Gasteiger charge is 2.25. The minimum Gasteiger partial charge on any atom is -0.264 e. The summed E-state index contributed by atoms with van der Waals surface area (Å²) in [5.74, 6) is -0.569. The molecule has 0 atom stereocenters. The van der Waals surface area contributed by atoms with Crippen molar-refractivity contribution in [3.8, 4) is 0 Å². The minimum atomic E-state index is -3.80. The van der Waals surface area contributed by atoms with E-state index in [1.54, 1.807) is 29.8 Å². The van der Waals surface area contributed by atoms with E-state index >= 15 is 0 Å². The molecule has 0 unspecified atom stereocenters. The zero-order valence-corrected chi connectivity index (χ0v) is 15.0. The second kappa shape index (κ2) is 7.86. The first-order valence-corrected chi connectivity index (χ1v) is 10.0. The van der Waals surface area contributed by atoms with Crippen molar-refractivity contribution in [2.45, 2.75) is 17.9 Å². The molecule has 0 bridgehead atoms. The zero-order valence-electron chi connectivity index (χ0n) is 13.4. The van der Waals surface area contributed by atoms with E-state index in [0.717, 1.165) is 16.5 Å². The van der Waals surface area contributed by atoms with E-state index in [9.17, 15) is 12.8 Å². The monoisotopic (exact) mass is 376 g/mol. The van der Waals surface area contributed by atoms with E-state index in [2.05, 4.69) is 4.98 Å². The SMILES string of the molecule is O=S(=O)(c1cccc(F)c1)N(CCc1cccs1)Cc1cccnc1. The number of halogens is 1. The van der Waals surface area contributed by atoms with Crippen molar-refractivity contribution in [3.63, 3.8) is 0 Å². The second-order valence-electron chi connectivity index (χ2n) is 5.49. The molecule has 2 heterocycles. The first kappa shape index (κ1) is 17.7. The van der Waals surface area contributed by atoms with E-state index in [0.29, 0.717) is 13.0 Å². The van der Waals surface area contributed by atoms with Gasteiger partial charge >= 0.3 is 0 Å². The smallest absolute Gasteiger partial charge is 0.243 e. The Hall–Kier alpha value is -2.09. The van der Waals surface area contributed by atoms with Gasteiger partial charge in [0.05, 0.1) is 4.90 Å². The maximum absolute atomic E-state index is 13.5. The maximum Gasteiger partial charge on any atom is 0.243 e. The molecule has 7 heteroatoms. The number of nitrogens with zero attached hydrogens (tertiary/aromatic N) is 2. The van der Waals surface area contributed by atoms with Gasteiger partial charge in [0.25, 0.3) is 0 Å². The topological polar surface area (TPSA) is 50.3 Å². The van der Waals surface area contributed by atoms with Crippen LogP contribution in [0.1, 0.15) is 10.4 Å². The lowest BCUT2D eigenvalue weighted by molar-refractivity contribution is 0.409. The van der Waals surface area contributed by atoms with E-state index in [4.69, 9.17) is 0 Å². The Morgan fingerprint density at radius 2 is 2.00 bits per heavy atom. The van der Waals surface area contributed by atoms with Gasteiger partial charge in [-0.15, -0.1) is 11.3 Å². The molecule has 0 fully saturated rings. The van der Waals surface area contributed by atoms with Crippen molar-refractivity contribution in [2.24, 2.45) is 0 Å². The Kier molecular flexibility index (Phi) is 5.57. The van der Waals surface area contributed by atoms with E-state index in [1.165, 1.54) is 22.5 Å². The van der Waals surface area contributed by atoms with E-state index in [1.807, 2.05) is 23.6 Å². The summed E-state index contributed by atoms with van der Waals surface area (Å²) in [6, 6.07) is 12.6. The fourth-order valence-corrected chi connectivity index (χ4v) is 4.60. The third-order valence-electron chi connectivity index (χ3n) is 3.70. The Morgan fingerprint density at radius 3 is 2.68 bits per heavy atom. The first-order valence-electron chi connectivity index (χ1n) is 7.73. The Balaban J connectivity index is 1.88. The van der Waals surface area contributed by atoms with E-state index < -0.39 is 15.8 Å². The van der Waals surface area contributed by atoms with Crippen LogP contribution in [0.4, 0.5) is 4.39 Å². The molecule has 0 radical (unpaired) electrons. The highest BCUT2D eigenvalue weighted by molar-refractivity contribution is 7.89. The van der Waals surface area contributed by atoms with Crippen LogP contribution in [-0.4, -0.2) is 24.3 Å². The molecule has 130 valence electrons. The average Bonchev–Trinajstić information content (AvgIpc) is 3.13. The lowest BCUT2D eigenvalue weighted by Crippen LogP contribution is -2.32. The van der Waals surface area contributed by atoms with Gasteiger partial charge in [-0.05, 0) is 47.7 Å². The first-order chi connectivity index (χ1) is 12.1. The number of pyridine rings is 1. The van der Waals surface area contributed by atoms with Gasteiger partial charge in [0, 0.05) is 30.4 Å². The summed E-state index contributed by atoms with van der Waals surface area (Å²) in [5, 5.41) is 1.96. The molecule has 0 aliphatic heterocycles. The lowest BCUT2D eigenvalue weighted by Gasteiger charge is -2.22. The third-order valence-corrected chi connectivity index (χ3v) is 6.48. The number of sulfonamides is 1. The fraction of sp³-hybridized carbons (Fsp3) is 0.167. The maximum atomic E-state index is 13.5. The summed E-state index contributed by atoms with van der Waals surface area (Å²) in [6.45, 7) is 0.506. The molecule has 0 amide bonds. The summed E-state index contributed by atoms with van der Waals surface area (Å²) in [4.78, 5) is 5.10. The van der Waals surface area contributed by atoms with Gasteiger partial charge in [-0.25, -0.2) is 12.8 Å². The van der Waals surface area contributed by atoms with Gasteiger partial charge in [-0.1, -0.05) is 18.2 Å². The number of hydrogen-bond acceptors (Lipinski definition) is 4.